The van der Waals surface area contributed by atoms with Crippen LogP contribution in [0.15, 0.2) is 55.1 Å². The highest BCUT2D eigenvalue weighted by molar-refractivity contribution is 5.75. The highest BCUT2D eigenvalue weighted by Crippen LogP contribution is 2.21. The SMILES string of the molecule is CNC(=O)Cn1cc(-c2cccc(-n3cccn3)c2)cn1. The van der Waals surface area contributed by atoms with Gasteiger partial charge in [0.25, 0.3) is 0 Å². The summed E-state index contributed by atoms with van der Waals surface area (Å²) in [7, 11) is 1.61. The van der Waals surface area contributed by atoms with Gasteiger partial charge in [0.2, 0.25) is 5.91 Å². The minimum Gasteiger partial charge on any atom is -0.358 e. The third-order valence-corrected chi connectivity index (χ3v) is 3.17. The van der Waals surface area contributed by atoms with Crippen LogP contribution in [0.2, 0.25) is 0 Å². The molecule has 1 amide bonds. The van der Waals surface area contributed by atoms with Gasteiger partial charge in [0.1, 0.15) is 6.54 Å². The fourth-order valence-electron chi connectivity index (χ4n) is 2.07. The molecule has 3 rings (SSSR count). The van der Waals surface area contributed by atoms with Crippen LogP contribution in [0.1, 0.15) is 0 Å². The Morgan fingerprint density at radius 1 is 1.24 bits per heavy atom. The molecule has 0 aliphatic rings. The van der Waals surface area contributed by atoms with E-state index in [0.29, 0.717) is 0 Å². The van der Waals surface area contributed by atoms with Gasteiger partial charge in [-0.3, -0.25) is 9.48 Å². The van der Waals surface area contributed by atoms with Crippen molar-refractivity contribution in [3.63, 3.8) is 0 Å². The Morgan fingerprint density at radius 3 is 2.90 bits per heavy atom. The van der Waals surface area contributed by atoms with E-state index in [2.05, 4.69) is 15.5 Å². The molecule has 6 nitrogen and oxygen atoms in total. The summed E-state index contributed by atoms with van der Waals surface area (Å²) in [4.78, 5) is 11.4. The number of hydrogen-bond acceptors (Lipinski definition) is 3. The molecule has 21 heavy (non-hydrogen) atoms. The maximum Gasteiger partial charge on any atom is 0.241 e. The van der Waals surface area contributed by atoms with Crippen molar-refractivity contribution in [3.05, 3.63) is 55.1 Å². The Labute approximate surface area is 122 Å². The number of nitrogens with one attached hydrogen (secondary N) is 1. The van der Waals surface area contributed by atoms with Crippen LogP contribution < -0.4 is 5.32 Å². The van der Waals surface area contributed by atoms with E-state index in [0.717, 1.165) is 16.8 Å². The number of nitrogens with zero attached hydrogens (tertiary/aromatic N) is 4. The molecule has 1 aromatic carbocycles. The smallest absolute Gasteiger partial charge is 0.241 e. The maximum absolute atomic E-state index is 11.4. The van der Waals surface area contributed by atoms with Crippen molar-refractivity contribution in [2.24, 2.45) is 0 Å². The van der Waals surface area contributed by atoms with Gasteiger partial charge in [0, 0.05) is 31.2 Å². The molecule has 106 valence electrons. The van der Waals surface area contributed by atoms with Crippen molar-refractivity contribution in [3.8, 4) is 16.8 Å². The van der Waals surface area contributed by atoms with E-state index in [1.807, 2.05) is 42.7 Å². The van der Waals surface area contributed by atoms with Gasteiger partial charge in [-0.1, -0.05) is 12.1 Å². The van der Waals surface area contributed by atoms with Crippen molar-refractivity contribution in [1.29, 1.82) is 0 Å². The largest absolute Gasteiger partial charge is 0.358 e. The number of likely N-dealkylation sites (N-methyl/N-ethyl adjacent to an activating group) is 1. The van der Waals surface area contributed by atoms with Crippen molar-refractivity contribution >= 4 is 5.91 Å². The molecule has 0 atom stereocenters. The molecule has 0 saturated heterocycles. The molecule has 1 N–H and O–H groups in total. The van der Waals surface area contributed by atoms with Crippen molar-refractivity contribution in [2.75, 3.05) is 7.05 Å². The van der Waals surface area contributed by atoms with E-state index in [1.54, 1.807) is 28.8 Å². The molecule has 0 aliphatic heterocycles. The summed E-state index contributed by atoms with van der Waals surface area (Å²) < 4.78 is 3.42. The van der Waals surface area contributed by atoms with Crippen LogP contribution in [0.25, 0.3) is 16.8 Å². The molecule has 0 unspecified atom stereocenters. The van der Waals surface area contributed by atoms with E-state index in [9.17, 15) is 4.79 Å². The summed E-state index contributed by atoms with van der Waals surface area (Å²) in [6.07, 6.45) is 7.25. The molecule has 3 aromatic rings. The Kier molecular flexibility index (Phi) is 3.51. The van der Waals surface area contributed by atoms with Gasteiger partial charge in [-0.15, -0.1) is 0 Å². The van der Waals surface area contributed by atoms with Crippen molar-refractivity contribution in [2.45, 2.75) is 6.54 Å². The lowest BCUT2D eigenvalue weighted by molar-refractivity contribution is -0.121. The normalized spacial score (nSPS) is 10.5. The number of aromatic nitrogens is 4. The average molecular weight is 281 g/mol. The summed E-state index contributed by atoms with van der Waals surface area (Å²) >= 11 is 0. The van der Waals surface area contributed by atoms with Gasteiger partial charge in [-0.05, 0) is 23.8 Å². The fourth-order valence-corrected chi connectivity index (χ4v) is 2.07. The zero-order valence-corrected chi connectivity index (χ0v) is 11.6. The quantitative estimate of drug-likeness (QED) is 0.788. The van der Waals surface area contributed by atoms with Gasteiger partial charge >= 0.3 is 0 Å². The lowest BCUT2D eigenvalue weighted by Crippen LogP contribution is -2.23. The Bertz CT molecular complexity index is 745. The minimum absolute atomic E-state index is 0.0741. The van der Waals surface area contributed by atoms with Crippen LogP contribution in [0, 0.1) is 0 Å². The van der Waals surface area contributed by atoms with Gasteiger partial charge in [-0.25, -0.2) is 4.68 Å². The second kappa shape index (κ2) is 5.62. The molecule has 0 bridgehead atoms. The molecule has 0 saturated carbocycles. The molecular formula is C15H15N5O. The summed E-state index contributed by atoms with van der Waals surface area (Å²) in [5.41, 5.74) is 2.98. The molecule has 0 fully saturated rings. The predicted octanol–water partition coefficient (Wildman–Crippen LogP) is 1.48. The number of carbonyl (C=O) groups is 1. The number of hydrogen-bond donors (Lipinski definition) is 1. The van der Waals surface area contributed by atoms with E-state index >= 15 is 0 Å². The van der Waals surface area contributed by atoms with Crippen molar-refractivity contribution < 1.29 is 4.79 Å². The highest BCUT2D eigenvalue weighted by Gasteiger charge is 2.06. The summed E-state index contributed by atoms with van der Waals surface area (Å²) in [6, 6.07) is 9.89. The summed E-state index contributed by atoms with van der Waals surface area (Å²) in [5.74, 6) is -0.0741. The fraction of sp³-hybridized carbons (Fsp3) is 0.133. The van der Waals surface area contributed by atoms with E-state index < -0.39 is 0 Å². The number of benzene rings is 1. The lowest BCUT2D eigenvalue weighted by Gasteiger charge is -2.03. The van der Waals surface area contributed by atoms with Crippen molar-refractivity contribution in [1.82, 2.24) is 24.9 Å². The van der Waals surface area contributed by atoms with Gasteiger partial charge in [0.05, 0.1) is 11.9 Å². The van der Waals surface area contributed by atoms with Crippen LogP contribution in [-0.2, 0) is 11.3 Å². The second-order valence-electron chi connectivity index (χ2n) is 4.60. The van der Waals surface area contributed by atoms with Crippen LogP contribution >= 0.6 is 0 Å². The van der Waals surface area contributed by atoms with Crippen LogP contribution in [-0.4, -0.2) is 32.5 Å². The average Bonchev–Trinajstić information content (AvgIpc) is 3.19. The molecule has 2 heterocycles. The molecule has 6 heteroatoms. The molecule has 0 spiro atoms. The first-order valence-corrected chi connectivity index (χ1v) is 6.60. The zero-order chi connectivity index (χ0) is 14.7. The first-order valence-electron chi connectivity index (χ1n) is 6.60. The maximum atomic E-state index is 11.4. The number of carbonyl (C=O) groups excluding carboxylic acids is 1. The minimum atomic E-state index is -0.0741. The second-order valence-corrected chi connectivity index (χ2v) is 4.60. The number of rotatable bonds is 4. The van der Waals surface area contributed by atoms with Crippen LogP contribution in [0.5, 0.6) is 0 Å². The highest BCUT2D eigenvalue weighted by atomic mass is 16.1. The predicted molar refractivity (Wildman–Crippen MR) is 78.9 cm³/mol. The first kappa shape index (κ1) is 13.1. The lowest BCUT2D eigenvalue weighted by atomic mass is 10.1. The van der Waals surface area contributed by atoms with Gasteiger partial charge < -0.3 is 5.32 Å². The standard InChI is InChI=1S/C15H15N5O/c1-16-15(21)11-19-10-13(9-18-19)12-4-2-5-14(8-12)20-7-3-6-17-20/h2-10H,11H2,1H3,(H,16,21). The monoisotopic (exact) mass is 281 g/mol. The Morgan fingerprint density at radius 2 is 2.14 bits per heavy atom. The van der Waals surface area contributed by atoms with Gasteiger partial charge in [0.15, 0.2) is 0 Å². The van der Waals surface area contributed by atoms with Crippen LogP contribution in [0.4, 0.5) is 0 Å². The van der Waals surface area contributed by atoms with E-state index in [-0.39, 0.29) is 12.5 Å². The molecular weight excluding hydrogens is 266 g/mol. The molecule has 0 radical (unpaired) electrons. The topological polar surface area (TPSA) is 64.7 Å². The number of amides is 1. The van der Waals surface area contributed by atoms with E-state index in [1.165, 1.54) is 0 Å². The third-order valence-electron chi connectivity index (χ3n) is 3.17. The molecule has 0 aliphatic carbocycles. The first-order chi connectivity index (χ1) is 10.3. The summed E-state index contributed by atoms with van der Waals surface area (Å²) in [5, 5.41) is 11.0. The zero-order valence-electron chi connectivity index (χ0n) is 11.6. The summed E-state index contributed by atoms with van der Waals surface area (Å²) in [6.45, 7) is 0.218. The third kappa shape index (κ3) is 2.84. The van der Waals surface area contributed by atoms with E-state index in [4.69, 9.17) is 0 Å². The van der Waals surface area contributed by atoms with Gasteiger partial charge in [-0.2, -0.15) is 10.2 Å². The Balaban J connectivity index is 1.87. The van der Waals surface area contributed by atoms with Crippen LogP contribution in [0.3, 0.4) is 0 Å². The Hall–Kier alpha value is -2.89. The molecule has 2 aromatic heterocycles.